The van der Waals surface area contributed by atoms with Crippen LogP contribution in [0.2, 0.25) is 0 Å². The molecule has 0 radical (unpaired) electrons. The average Bonchev–Trinajstić information content (AvgIpc) is 2.45. The molecule has 0 saturated heterocycles. The molecule has 5 atom stereocenters. The first-order valence-electron chi connectivity index (χ1n) is 9.24. The highest BCUT2D eigenvalue weighted by Gasteiger charge is 2.57. The van der Waals surface area contributed by atoms with Gasteiger partial charge in [-0.2, -0.15) is 0 Å². The monoisotopic (exact) mass is 336 g/mol. The quantitative estimate of drug-likeness (QED) is 0.687. The van der Waals surface area contributed by atoms with Crippen molar-refractivity contribution >= 4 is 11.9 Å². The van der Waals surface area contributed by atoms with Crippen LogP contribution in [0.4, 0.5) is 0 Å². The summed E-state index contributed by atoms with van der Waals surface area (Å²) in [6.07, 6.45) is 6.57. The summed E-state index contributed by atoms with van der Waals surface area (Å²) in [6.45, 7) is 10.5. The molecule has 0 amide bonds. The van der Waals surface area contributed by atoms with Crippen molar-refractivity contribution in [1.29, 1.82) is 0 Å². The van der Waals surface area contributed by atoms with Crippen molar-refractivity contribution in [2.45, 2.75) is 72.1 Å². The maximum atomic E-state index is 12.0. The van der Waals surface area contributed by atoms with E-state index < -0.39 is 17.4 Å². The summed E-state index contributed by atoms with van der Waals surface area (Å²) in [7, 11) is 0. The second-order valence-corrected chi connectivity index (χ2v) is 8.66. The molecule has 4 heteroatoms. The highest BCUT2D eigenvalue weighted by Crippen LogP contribution is 2.62. The predicted octanol–water partition coefficient (Wildman–Crippen LogP) is 4.74. The Hall–Kier alpha value is -1.32. The lowest BCUT2D eigenvalue weighted by Crippen LogP contribution is -2.53. The second kappa shape index (κ2) is 6.89. The van der Waals surface area contributed by atoms with Gasteiger partial charge >= 0.3 is 11.9 Å². The van der Waals surface area contributed by atoms with Gasteiger partial charge < -0.3 is 10.2 Å². The van der Waals surface area contributed by atoms with E-state index in [2.05, 4.69) is 13.5 Å². The van der Waals surface area contributed by atoms with Crippen molar-refractivity contribution in [3.05, 3.63) is 12.2 Å². The van der Waals surface area contributed by atoms with Gasteiger partial charge in [0.15, 0.2) is 0 Å². The minimum absolute atomic E-state index is 0.0241. The van der Waals surface area contributed by atoms with Crippen molar-refractivity contribution in [2.75, 3.05) is 0 Å². The Balaban J connectivity index is 2.19. The third-order valence-corrected chi connectivity index (χ3v) is 6.98. The van der Waals surface area contributed by atoms with Crippen molar-refractivity contribution in [1.82, 2.24) is 0 Å². The van der Waals surface area contributed by atoms with Gasteiger partial charge in [0, 0.05) is 6.42 Å². The zero-order valence-electron chi connectivity index (χ0n) is 15.3. The molecule has 2 fully saturated rings. The van der Waals surface area contributed by atoms with E-state index in [1.54, 1.807) is 0 Å². The van der Waals surface area contributed by atoms with Crippen LogP contribution >= 0.6 is 0 Å². The number of carboxylic acid groups (broad SMARTS) is 2. The van der Waals surface area contributed by atoms with Crippen molar-refractivity contribution in [3.8, 4) is 0 Å². The molecule has 0 aromatic heterocycles. The fourth-order valence-corrected chi connectivity index (χ4v) is 5.59. The van der Waals surface area contributed by atoms with Gasteiger partial charge in [0.05, 0.1) is 5.41 Å². The molecule has 0 aromatic carbocycles. The van der Waals surface area contributed by atoms with Crippen LogP contribution in [0.5, 0.6) is 0 Å². The van der Waals surface area contributed by atoms with Crippen molar-refractivity contribution in [2.24, 2.45) is 28.6 Å². The minimum atomic E-state index is -0.745. The molecule has 0 bridgehead atoms. The number of carbonyl (C=O) groups is 2. The minimum Gasteiger partial charge on any atom is -0.481 e. The van der Waals surface area contributed by atoms with Gasteiger partial charge in [-0.1, -0.05) is 32.4 Å². The zero-order valence-corrected chi connectivity index (χ0v) is 15.3. The summed E-state index contributed by atoms with van der Waals surface area (Å²) in [5.41, 5.74) is 0.577. The first-order valence-corrected chi connectivity index (χ1v) is 9.24. The largest absolute Gasteiger partial charge is 0.481 e. The van der Waals surface area contributed by atoms with Gasteiger partial charge in [-0.05, 0) is 68.6 Å². The molecular formula is C20H32O4. The summed E-state index contributed by atoms with van der Waals surface area (Å²) >= 11 is 0. The Morgan fingerprint density at radius 2 is 1.96 bits per heavy atom. The van der Waals surface area contributed by atoms with Crippen LogP contribution in [0.1, 0.15) is 72.1 Å². The number of aliphatic carboxylic acids is 2. The molecule has 24 heavy (non-hydrogen) atoms. The van der Waals surface area contributed by atoms with Gasteiger partial charge in [0.1, 0.15) is 0 Å². The lowest BCUT2D eigenvalue weighted by molar-refractivity contribution is -0.164. The van der Waals surface area contributed by atoms with E-state index in [1.165, 1.54) is 5.57 Å². The number of allylic oxidation sites excluding steroid dienone is 1. The number of hydrogen-bond acceptors (Lipinski definition) is 2. The van der Waals surface area contributed by atoms with Crippen LogP contribution in [0.3, 0.4) is 0 Å². The van der Waals surface area contributed by atoms with Crippen LogP contribution < -0.4 is 0 Å². The van der Waals surface area contributed by atoms with Crippen LogP contribution in [0, 0.1) is 28.6 Å². The van der Waals surface area contributed by atoms with E-state index in [4.69, 9.17) is 5.11 Å². The molecule has 2 rings (SSSR count). The van der Waals surface area contributed by atoms with E-state index in [0.29, 0.717) is 5.92 Å². The Labute approximate surface area is 145 Å². The highest BCUT2D eigenvalue weighted by atomic mass is 16.4. The first kappa shape index (κ1) is 19.0. The van der Waals surface area contributed by atoms with Crippen LogP contribution in [-0.4, -0.2) is 22.2 Å². The molecular weight excluding hydrogens is 304 g/mol. The van der Waals surface area contributed by atoms with Crippen molar-refractivity contribution in [3.63, 3.8) is 0 Å². The summed E-state index contributed by atoms with van der Waals surface area (Å²) in [6, 6.07) is 0. The molecule has 4 nitrogen and oxygen atoms in total. The van der Waals surface area contributed by atoms with Crippen LogP contribution in [-0.2, 0) is 9.59 Å². The lowest BCUT2D eigenvalue weighted by atomic mass is 9.46. The van der Waals surface area contributed by atoms with E-state index in [-0.39, 0.29) is 23.7 Å². The number of fused-ring (bicyclic) bond motifs is 1. The Kier molecular flexibility index (Phi) is 5.46. The normalized spacial score (nSPS) is 37.5. The average molecular weight is 336 g/mol. The molecule has 2 aliphatic rings. The smallest absolute Gasteiger partial charge is 0.309 e. The molecule has 0 aromatic rings. The molecule has 2 N–H and O–H groups in total. The number of rotatable bonds is 6. The van der Waals surface area contributed by atoms with Crippen molar-refractivity contribution < 1.29 is 19.8 Å². The maximum Gasteiger partial charge on any atom is 0.309 e. The zero-order chi connectivity index (χ0) is 18.1. The predicted molar refractivity (Wildman–Crippen MR) is 93.7 cm³/mol. The summed E-state index contributed by atoms with van der Waals surface area (Å²) in [5, 5.41) is 18.8. The molecule has 2 aliphatic carbocycles. The Morgan fingerprint density at radius 1 is 1.29 bits per heavy atom. The van der Waals surface area contributed by atoms with E-state index in [9.17, 15) is 14.7 Å². The second-order valence-electron chi connectivity index (χ2n) is 8.66. The van der Waals surface area contributed by atoms with Gasteiger partial charge in [-0.15, -0.1) is 0 Å². The fraction of sp³-hybridized carbons (Fsp3) is 0.800. The number of hydrogen-bond donors (Lipinski definition) is 2. The van der Waals surface area contributed by atoms with Gasteiger partial charge in [0.25, 0.3) is 0 Å². The summed E-state index contributed by atoms with van der Waals surface area (Å²) in [4.78, 5) is 22.9. The van der Waals surface area contributed by atoms with E-state index >= 15 is 0 Å². The SMILES string of the molecule is C=C1CC[C@@H]2[C@](C)(CCC[C@]2(C)C(=O)O)[C@H]1CC[C@@H](C)CC(=O)O. The fourth-order valence-electron chi connectivity index (χ4n) is 5.59. The van der Waals surface area contributed by atoms with E-state index in [1.807, 2.05) is 13.8 Å². The van der Waals surface area contributed by atoms with Gasteiger partial charge in [-0.25, -0.2) is 0 Å². The Bertz CT molecular complexity index is 526. The maximum absolute atomic E-state index is 12.0. The topological polar surface area (TPSA) is 74.6 Å². The first-order chi connectivity index (χ1) is 11.1. The van der Waals surface area contributed by atoms with Gasteiger partial charge in [-0.3, -0.25) is 9.59 Å². The highest BCUT2D eigenvalue weighted by molar-refractivity contribution is 5.75. The molecule has 0 unspecified atom stereocenters. The molecule has 2 saturated carbocycles. The van der Waals surface area contributed by atoms with Gasteiger partial charge in [0.2, 0.25) is 0 Å². The molecule has 0 heterocycles. The molecule has 0 spiro atoms. The molecule has 0 aliphatic heterocycles. The lowest BCUT2D eigenvalue weighted by Gasteiger charge is -2.57. The summed E-state index contributed by atoms with van der Waals surface area (Å²) in [5.74, 6) is -0.768. The Morgan fingerprint density at radius 3 is 2.54 bits per heavy atom. The number of carboxylic acids is 2. The third kappa shape index (κ3) is 3.38. The summed E-state index contributed by atoms with van der Waals surface area (Å²) < 4.78 is 0. The molecule has 136 valence electrons. The van der Waals surface area contributed by atoms with E-state index in [0.717, 1.165) is 44.9 Å². The van der Waals surface area contributed by atoms with Crippen LogP contribution in [0.25, 0.3) is 0 Å². The third-order valence-electron chi connectivity index (χ3n) is 6.98. The standard InChI is InChI=1S/C20H32O4/c1-13(12-17(21)22)6-8-15-14(2)7-9-16-19(15,3)10-5-11-20(16,4)18(23)24/h13,15-16H,2,5-12H2,1,3-4H3,(H,21,22)(H,23,24)/t13-,15+,16-,19-,20+/m1/s1. The van der Waals surface area contributed by atoms with Crippen LogP contribution in [0.15, 0.2) is 12.2 Å².